The largest absolute Gasteiger partial charge is 0.507 e. The monoisotopic (exact) mass is 662 g/mol. The summed E-state index contributed by atoms with van der Waals surface area (Å²) in [5.41, 5.74) is 1.38. The van der Waals surface area contributed by atoms with Crippen molar-refractivity contribution >= 4 is 65.3 Å². The van der Waals surface area contributed by atoms with Crippen LogP contribution in [0.25, 0.3) is 0 Å². The Hall–Kier alpha value is -2.16. The Morgan fingerprint density at radius 1 is 0.778 bits per heavy atom. The first-order valence-corrected chi connectivity index (χ1v) is 14.7. The lowest BCUT2D eigenvalue weighted by Crippen LogP contribution is -2.36. The van der Waals surface area contributed by atoms with Gasteiger partial charge in [0, 0.05) is 37.4 Å². The quantitative estimate of drug-likeness (QED) is 0.125. The molecule has 2 unspecified atom stereocenters. The maximum absolute atomic E-state index is 12.2. The molecular formula is C22H24Br2N4O6S2. The summed E-state index contributed by atoms with van der Waals surface area (Å²) in [4.78, 5) is 46.7. The number of aromatic hydroxyl groups is 2. The van der Waals surface area contributed by atoms with Crippen molar-refractivity contribution in [3.8, 4) is 11.5 Å². The van der Waals surface area contributed by atoms with Crippen molar-refractivity contribution in [1.82, 2.24) is 10.6 Å². The molecule has 2 aromatic rings. The van der Waals surface area contributed by atoms with Crippen LogP contribution < -0.4 is 10.6 Å². The highest BCUT2D eigenvalue weighted by Crippen LogP contribution is 2.26. The lowest BCUT2D eigenvalue weighted by molar-refractivity contribution is -0.122. The molecule has 0 saturated heterocycles. The molecule has 0 aliphatic rings. The number of nitrogens with one attached hydrogen (secondary N) is 2. The molecule has 4 N–H and O–H groups in total. The number of phenols is 2. The zero-order valence-electron chi connectivity index (χ0n) is 18.9. The van der Waals surface area contributed by atoms with Crippen molar-refractivity contribution in [2.45, 2.75) is 24.9 Å². The normalized spacial score (nSPS) is 12.4. The average Bonchev–Trinajstić information content (AvgIpc) is 2.86. The van der Waals surface area contributed by atoms with Gasteiger partial charge < -0.3 is 20.8 Å². The van der Waals surface area contributed by atoms with Crippen molar-refractivity contribution in [3.63, 3.8) is 0 Å². The second-order valence-corrected chi connectivity index (χ2v) is 11.9. The molecule has 0 aliphatic carbocycles. The topological polar surface area (TPSA) is 158 Å². The van der Waals surface area contributed by atoms with E-state index in [-0.39, 0.29) is 24.3 Å². The van der Waals surface area contributed by atoms with Gasteiger partial charge in [-0.3, -0.25) is 9.59 Å². The molecule has 0 aromatic heterocycles. The Morgan fingerprint density at radius 2 is 1.17 bits per heavy atom. The van der Waals surface area contributed by atoms with Crippen LogP contribution in [0, 0.1) is 9.81 Å². The molecule has 2 atom stereocenters. The van der Waals surface area contributed by atoms with E-state index in [1.807, 2.05) is 0 Å². The van der Waals surface area contributed by atoms with Crippen molar-refractivity contribution in [1.29, 1.82) is 0 Å². The van der Waals surface area contributed by atoms with Crippen LogP contribution in [0.3, 0.4) is 0 Å². The Kier molecular flexibility index (Phi) is 13.2. The molecule has 0 heterocycles. The Balaban J connectivity index is 1.61. The van der Waals surface area contributed by atoms with E-state index in [9.17, 15) is 29.6 Å². The number of hydrogen-bond donors (Lipinski definition) is 4. The SMILES string of the molecule is O=NC(Cc1ccc(O)c(Br)c1)C(=O)NCCSSCCNC(=O)C(Cc1ccc(O)c(Br)c1)N=O. The smallest absolute Gasteiger partial charge is 0.248 e. The molecule has 0 fully saturated rings. The summed E-state index contributed by atoms with van der Waals surface area (Å²) in [5, 5.41) is 30.3. The number of nitroso groups, excluding NO2 is 2. The lowest BCUT2D eigenvalue weighted by atomic mass is 10.1. The van der Waals surface area contributed by atoms with Crippen LogP contribution in [-0.4, -0.2) is 58.7 Å². The van der Waals surface area contributed by atoms with Crippen molar-refractivity contribution in [2.24, 2.45) is 10.4 Å². The summed E-state index contributed by atoms with van der Waals surface area (Å²) >= 11 is 6.39. The van der Waals surface area contributed by atoms with Crippen LogP contribution in [0.4, 0.5) is 0 Å². The molecule has 10 nitrogen and oxygen atoms in total. The third kappa shape index (κ3) is 10.1. The summed E-state index contributed by atoms with van der Waals surface area (Å²) in [6.45, 7) is 0.682. The zero-order valence-corrected chi connectivity index (χ0v) is 23.7. The third-order valence-electron chi connectivity index (χ3n) is 4.79. The molecule has 2 amide bonds. The maximum Gasteiger partial charge on any atom is 0.248 e. The number of rotatable bonds is 15. The highest BCUT2D eigenvalue weighted by Gasteiger charge is 2.21. The summed E-state index contributed by atoms with van der Waals surface area (Å²) in [7, 11) is 2.97. The van der Waals surface area contributed by atoms with Crippen LogP contribution in [0.15, 0.2) is 55.7 Å². The van der Waals surface area contributed by atoms with Crippen molar-refractivity contribution in [2.75, 3.05) is 24.6 Å². The second kappa shape index (κ2) is 15.8. The van der Waals surface area contributed by atoms with Crippen LogP contribution in [0.5, 0.6) is 11.5 Å². The number of benzene rings is 2. The van der Waals surface area contributed by atoms with Gasteiger partial charge in [0.25, 0.3) is 0 Å². The van der Waals surface area contributed by atoms with E-state index in [4.69, 9.17) is 0 Å². The minimum absolute atomic E-state index is 0.0654. The molecule has 0 saturated carbocycles. The van der Waals surface area contributed by atoms with E-state index >= 15 is 0 Å². The first kappa shape index (κ1) is 30.1. The number of amides is 2. The van der Waals surface area contributed by atoms with E-state index in [1.54, 1.807) is 24.3 Å². The minimum Gasteiger partial charge on any atom is -0.507 e. The number of carbonyl (C=O) groups excluding carboxylic acids is 2. The first-order valence-electron chi connectivity index (χ1n) is 10.6. The van der Waals surface area contributed by atoms with Gasteiger partial charge in [-0.15, -0.1) is 9.81 Å². The third-order valence-corrected chi connectivity index (χ3v) is 8.47. The maximum atomic E-state index is 12.2. The van der Waals surface area contributed by atoms with E-state index in [2.05, 4.69) is 52.8 Å². The molecule has 2 aromatic carbocycles. The number of halogens is 2. The zero-order chi connectivity index (χ0) is 26.5. The predicted octanol–water partition coefficient (Wildman–Crippen LogP) is 4.29. The molecule has 0 aliphatic heterocycles. The standard InChI is InChI=1S/C22H24Br2N4O6S2/c23-15-9-13(1-3-19(15)29)11-17(27-33)21(31)25-5-7-35-36-8-6-26-22(32)18(28-34)12-14-2-4-20(30)16(24)10-14/h1-4,9-10,17-18,29-30H,5-8,11-12H2,(H,25,31)(H,26,32). The van der Waals surface area contributed by atoms with Gasteiger partial charge in [0.15, 0.2) is 12.1 Å². The molecule has 0 spiro atoms. The van der Waals surface area contributed by atoms with E-state index in [1.165, 1.54) is 33.7 Å². The molecule has 0 radical (unpaired) electrons. The summed E-state index contributed by atoms with van der Waals surface area (Å²) < 4.78 is 0.941. The summed E-state index contributed by atoms with van der Waals surface area (Å²) in [6, 6.07) is 7.30. The van der Waals surface area contributed by atoms with E-state index < -0.39 is 23.9 Å². The number of phenolic OH excluding ortho intramolecular Hbond substituents is 2. The molecule has 0 bridgehead atoms. The molecular weight excluding hydrogens is 640 g/mol. The highest BCUT2D eigenvalue weighted by atomic mass is 79.9. The van der Waals surface area contributed by atoms with Gasteiger partial charge in [-0.25, -0.2) is 0 Å². The van der Waals surface area contributed by atoms with Gasteiger partial charge in [-0.05, 0) is 67.3 Å². The molecule has 14 heteroatoms. The van der Waals surface area contributed by atoms with Gasteiger partial charge in [0.2, 0.25) is 11.8 Å². The fourth-order valence-corrected chi connectivity index (χ4v) is 5.61. The Bertz CT molecular complexity index is 995. The van der Waals surface area contributed by atoms with Crippen LogP contribution >= 0.6 is 53.4 Å². The minimum atomic E-state index is -1.07. The lowest BCUT2D eigenvalue weighted by Gasteiger charge is -2.11. The number of carbonyl (C=O) groups is 2. The van der Waals surface area contributed by atoms with Gasteiger partial charge in [-0.1, -0.05) is 44.1 Å². The fraction of sp³-hybridized carbons (Fsp3) is 0.364. The number of nitrogens with zero attached hydrogens (tertiary/aromatic N) is 2. The fourth-order valence-electron chi connectivity index (χ4n) is 2.94. The van der Waals surface area contributed by atoms with E-state index in [0.29, 0.717) is 44.7 Å². The Labute approximate surface area is 232 Å². The van der Waals surface area contributed by atoms with E-state index in [0.717, 1.165) is 0 Å². The van der Waals surface area contributed by atoms with Crippen molar-refractivity contribution < 1.29 is 19.8 Å². The summed E-state index contributed by atoms with van der Waals surface area (Å²) in [5.74, 6) is 0.343. The highest BCUT2D eigenvalue weighted by molar-refractivity contribution is 9.10. The second-order valence-electron chi connectivity index (χ2n) is 7.45. The molecule has 36 heavy (non-hydrogen) atoms. The van der Waals surface area contributed by atoms with Crippen LogP contribution in [-0.2, 0) is 22.4 Å². The molecule has 2 rings (SSSR count). The molecule has 194 valence electrons. The average molecular weight is 664 g/mol. The van der Waals surface area contributed by atoms with Crippen LogP contribution in [0.1, 0.15) is 11.1 Å². The van der Waals surface area contributed by atoms with Crippen LogP contribution in [0.2, 0.25) is 0 Å². The van der Waals surface area contributed by atoms with Gasteiger partial charge in [-0.2, -0.15) is 0 Å². The van der Waals surface area contributed by atoms with Gasteiger partial charge >= 0.3 is 0 Å². The van der Waals surface area contributed by atoms with Gasteiger partial charge in [0.1, 0.15) is 11.5 Å². The Morgan fingerprint density at radius 3 is 1.50 bits per heavy atom. The predicted molar refractivity (Wildman–Crippen MR) is 149 cm³/mol. The van der Waals surface area contributed by atoms with Gasteiger partial charge in [0.05, 0.1) is 8.95 Å². The summed E-state index contributed by atoms with van der Waals surface area (Å²) in [6.07, 6.45) is 0.243. The number of hydrogen-bond acceptors (Lipinski definition) is 10. The van der Waals surface area contributed by atoms with Crippen molar-refractivity contribution in [3.05, 3.63) is 66.3 Å². The first-order chi connectivity index (χ1) is 17.2.